The fourth-order valence-corrected chi connectivity index (χ4v) is 6.07. The zero-order chi connectivity index (χ0) is 28.5. The van der Waals surface area contributed by atoms with Crippen LogP contribution in [0, 0.1) is 0 Å². The molecular formula is C41H33N. The van der Waals surface area contributed by atoms with Crippen molar-refractivity contribution in [3.63, 3.8) is 0 Å². The van der Waals surface area contributed by atoms with Gasteiger partial charge in [-0.3, -0.25) is 0 Å². The summed E-state index contributed by atoms with van der Waals surface area (Å²) < 4.78 is 0. The van der Waals surface area contributed by atoms with Crippen molar-refractivity contribution in [2.45, 2.75) is 19.3 Å². The predicted molar refractivity (Wildman–Crippen MR) is 180 cm³/mol. The summed E-state index contributed by atoms with van der Waals surface area (Å²) in [5.74, 6) is 0. The molecule has 0 aliphatic heterocycles. The molecule has 7 rings (SSSR count). The Labute approximate surface area is 248 Å². The summed E-state index contributed by atoms with van der Waals surface area (Å²) in [5.41, 5.74) is 8.35. The minimum Gasteiger partial charge on any atom is -0.310 e. The molecule has 0 unspecified atom stereocenters. The van der Waals surface area contributed by atoms with Crippen LogP contribution in [0.2, 0.25) is 0 Å². The van der Waals surface area contributed by atoms with Gasteiger partial charge in [-0.05, 0) is 80.2 Å². The van der Waals surface area contributed by atoms with Gasteiger partial charge in [-0.2, -0.15) is 0 Å². The van der Waals surface area contributed by atoms with Crippen LogP contribution in [0.4, 0.5) is 17.1 Å². The molecule has 0 aliphatic rings. The van der Waals surface area contributed by atoms with Crippen LogP contribution >= 0.6 is 0 Å². The number of fused-ring (bicyclic) bond motifs is 3. The molecule has 202 valence electrons. The molecule has 0 radical (unpaired) electrons. The van der Waals surface area contributed by atoms with Crippen molar-refractivity contribution in [1.29, 1.82) is 0 Å². The van der Waals surface area contributed by atoms with Gasteiger partial charge in [-0.15, -0.1) is 0 Å². The Morgan fingerprint density at radius 1 is 0.381 bits per heavy atom. The summed E-state index contributed by atoms with van der Waals surface area (Å²) in [4.78, 5) is 2.36. The standard InChI is InChI=1S/C41H33N/c1-41(2,34-14-7-4-8-15-34)35-21-25-37(26-22-35)42(36-23-19-31(20-24-36)30-11-5-3-6-12-30)38-27-28-40-33(29-38)18-17-32-13-9-10-16-39(32)40/h3-29H,1-2H3. The topological polar surface area (TPSA) is 3.24 Å². The second-order valence-corrected chi connectivity index (χ2v) is 11.5. The molecule has 0 aromatic heterocycles. The molecule has 0 aliphatic carbocycles. The highest BCUT2D eigenvalue weighted by atomic mass is 15.1. The normalized spacial score (nSPS) is 11.6. The Hall–Kier alpha value is -5.14. The van der Waals surface area contributed by atoms with Crippen LogP contribution in [0.1, 0.15) is 25.0 Å². The van der Waals surface area contributed by atoms with Crippen molar-refractivity contribution >= 4 is 38.6 Å². The van der Waals surface area contributed by atoms with Crippen LogP contribution in [0.15, 0.2) is 164 Å². The second-order valence-electron chi connectivity index (χ2n) is 11.5. The van der Waals surface area contributed by atoms with Gasteiger partial charge >= 0.3 is 0 Å². The molecule has 0 spiro atoms. The summed E-state index contributed by atoms with van der Waals surface area (Å²) >= 11 is 0. The molecule has 0 heterocycles. The number of rotatable bonds is 6. The van der Waals surface area contributed by atoms with Gasteiger partial charge in [-0.25, -0.2) is 0 Å². The Kier molecular flexibility index (Phi) is 6.56. The smallest absolute Gasteiger partial charge is 0.0468 e. The molecule has 0 saturated heterocycles. The lowest BCUT2D eigenvalue weighted by molar-refractivity contribution is 0.641. The number of hydrogen-bond acceptors (Lipinski definition) is 1. The van der Waals surface area contributed by atoms with Crippen LogP contribution < -0.4 is 4.90 Å². The van der Waals surface area contributed by atoms with E-state index >= 15 is 0 Å². The van der Waals surface area contributed by atoms with E-state index in [-0.39, 0.29) is 5.41 Å². The fourth-order valence-electron chi connectivity index (χ4n) is 6.07. The molecule has 0 saturated carbocycles. The minimum atomic E-state index is -0.0913. The first-order chi connectivity index (χ1) is 20.6. The van der Waals surface area contributed by atoms with Crippen molar-refractivity contribution in [1.82, 2.24) is 0 Å². The van der Waals surface area contributed by atoms with E-state index in [1.165, 1.54) is 43.8 Å². The maximum Gasteiger partial charge on any atom is 0.0468 e. The molecule has 0 N–H and O–H groups in total. The van der Waals surface area contributed by atoms with E-state index in [4.69, 9.17) is 0 Å². The van der Waals surface area contributed by atoms with E-state index in [9.17, 15) is 0 Å². The fraction of sp³-hybridized carbons (Fsp3) is 0.0732. The molecule has 7 aromatic rings. The Balaban J connectivity index is 1.33. The summed E-state index contributed by atoms with van der Waals surface area (Å²) in [5, 5.41) is 5.06. The molecule has 0 bridgehead atoms. The van der Waals surface area contributed by atoms with E-state index in [1.807, 2.05) is 0 Å². The zero-order valence-electron chi connectivity index (χ0n) is 24.0. The highest BCUT2D eigenvalue weighted by molar-refractivity contribution is 6.08. The van der Waals surface area contributed by atoms with E-state index < -0.39 is 0 Å². The Morgan fingerprint density at radius 2 is 0.881 bits per heavy atom. The molecule has 0 fully saturated rings. The van der Waals surface area contributed by atoms with Crippen molar-refractivity contribution in [3.05, 3.63) is 175 Å². The van der Waals surface area contributed by atoms with E-state index in [2.05, 4.69) is 183 Å². The largest absolute Gasteiger partial charge is 0.310 e. The predicted octanol–water partition coefficient (Wildman–Crippen LogP) is 11.5. The van der Waals surface area contributed by atoms with Gasteiger partial charge in [0.05, 0.1) is 0 Å². The summed E-state index contributed by atoms with van der Waals surface area (Å²) in [7, 11) is 0. The molecule has 0 amide bonds. The average molecular weight is 540 g/mol. The van der Waals surface area contributed by atoms with Gasteiger partial charge in [0.2, 0.25) is 0 Å². The minimum absolute atomic E-state index is 0.0913. The van der Waals surface area contributed by atoms with Crippen molar-refractivity contribution in [2.75, 3.05) is 4.90 Å². The van der Waals surface area contributed by atoms with Crippen molar-refractivity contribution in [3.8, 4) is 11.1 Å². The van der Waals surface area contributed by atoms with E-state index in [0.717, 1.165) is 17.1 Å². The summed E-state index contributed by atoms with van der Waals surface area (Å²) in [6, 6.07) is 59.2. The third kappa shape index (κ3) is 4.74. The second kappa shape index (κ2) is 10.7. The Morgan fingerprint density at radius 3 is 1.60 bits per heavy atom. The number of benzene rings is 7. The van der Waals surface area contributed by atoms with Crippen LogP contribution in [0.3, 0.4) is 0 Å². The van der Waals surface area contributed by atoms with Crippen molar-refractivity contribution in [2.24, 2.45) is 0 Å². The highest BCUT2D eigenvalue weighted by Gasteiger charge is 2.23. The monoisotopic (exact) mass is 539 g/mol. The van der Waals surface area contributed by atoms with Gasteiger partial charge in [0, 0.05) is 22.5 Å². The van der Waals surface area contributed by atoms with Crippen LogP contribution in [-0.4, -0.2) is 0 Å². The SMILES string of the molecule is CC(C)(c1ccccc1)c1ccc(N(c2ccc(-c3ccccc3)cc2)c2ccc3c(ccc4ccccc43)c2)cc1. The molecular weight excluding hydrogens is 506 g/mol. The zero-order valence-corrected chi connectivity index (χ0v) is 24.0. The van der Waals surface area contributed by atoms with E-state index in [0.29, 0.717) is 0 Å². The molecule has 7 aromatic carbocycles. The maximum absolute atomic E-state index is 2.36. The Bertz CT molecular complexity index is 1970. The lowest BCUT2D eigenvalue weighted by atomic mass is 9.78. The summed E-state index contributed by atoms with van der Waals surface area (Å²) in [6.07, 6.45) is 0. The lowest BCUT2D eigenvalue weighted by Crippen LogP contribution is -2.19. The highest BCUT2D eigenvalue weighted by Crippen LogP contribution is 2.40. The number of hydrogen-bond donors (Lipinski definition) is 0. The third-order valence-corrected chi connectivity index (χ3v) is 8.56. The lowest BCUT2D eigenvalue weighted by Gasteiger charge is -2.29. The first kappa shape index (κ1) is 25.8. The average Bonchev–Trinajstić information content (AvgIpc) is 3.06. The quantitative estimate of drug-likeness (QED) is 0.190. The number of anilines is 3. The van der Waals surface area contributed by atoms with Gasteiger partial charge in [0.1, 0.15) is 0 Å². The van der Waals surface area contributed by atoms with Crippen molar-refractivity contribution < 1.29 is 0 Å². The molecule has 0 atom stereocenters. The van der Waals surface area contributed by atoms with Crippen LogP contribution in [-0.2, 0) is 5.41 Å². The van der Waals surface area contributed by atoms with Gasteiger partial charge in [0.15, 0.2) is 0 Å². The van der Waals surface area contributed by atoms with E-state index in [1.54, 1.807) is 0 Å². The first-order valence-corrected chi connectivity index (χ1v) is 14.6. The van der Waals surface area contributed by atoms with Crippen LogP contribution in [0.25, 0.3) is 32.7 Å². The molecule has 1 nitrogen and oxygen atoms in total. The number of nitrogens with zero attached hydrogens (tertiary/aromatic N) is 1. The van der Waals surface area contributed by atoms with Gasteiger partial charge in [0.25, 0.3) is 0 Å². The summed E-state index contributed by atoms with van der Waals surface area (Å²) in [6.45, 7) is 4.59. The molecule has 42 heavy (non-hydrogen) atoms. The van der Waals surface area contributed by atoms with Gasteiger partial charge in [-0.1, -0.05) is 141 Å². The third-order valence-electron chi connectivity index (χ3n) is 8.56. The van der Waals surface area contributed by atoms with Crippen LogP contribution in [0.5, 0.6) is 0 Å². The maximum atomic E-state index is 2.36. The first-order valence-electron chi connectivity index (χ1n) is 14.6. The van der Waals surface area contributed by atoms with Gasteiger partial charge < -0.3 is 4.90 Å². The molecule has 1 heteroatoms.